The fraction of sp³-hybridized carbons (Fsp3) is 0.417. The molecule has 0 aromatic heterocycles. The van der Waals surface area contributed by atoms with Crippen molar-refractivity contribution in [3.05, 3.63) is 33.8 Å². The maximum absolute atomic E-state index is 11.2. The molecule has 0 heterocycles. The van der Waals surface area contributed by atoms with E-state index in [0.29, 0.717) is 10.0 Å². The summed E-state index contributed by atoms with van der Waals surface area (Å²) in [6.07, 6.45) is 0. The molecule has 0 saturated carbocycles. The predicted octanol–water partition coefficient (Wildman–Crippen LogP) is 2.91. The van der Waals surface area contributed by atoms with E-state index >= 15 is 0 Å². The summed E-state index contributed by atoms with van der Waals surface area (Å²) in [7, 11) is 0. The number of halogens is 2. The third kappa shape index (κ3) is 3.60. The Hall–Kier alpha value is -0.770. The Morgan fingerprint density at radius 3 is 2.53 bits per heavy atom. The van der Waals surface area contributed by atoms with E-state index in [0.717, 1.165) is 5.56 Å². The van der Waals surface area contributed by atoms with Crippen molar-refractivity contribution in [2.75, 3.05) is 0 Å². The van der Waals surface area contributed by atoms with Gasteiger partial charge >= 0.3 is 0 Å². The van der Waals surface area contributed by atoms with Gasteiger partial charge in [-0.25, -0.2) is 0 Å². The van der Waals surface area contributed by atoms with Crippen LogP contribution in [0, 0.1) is 0 Å². The number of carbonyl (C=O) groups is 1. The van der Waals surface area contributed by atoms with Crippen LogP contribution in [0.4, 0.5) is 0 Å². The summed E-state index contributed by atoms with van der Waals surface area (Å²) >= 11 is 12.0. The van der Waals surface area contributed by atoms with Gasteiger partial charge in [0.2, 0.25) is 5.91 Å². The topological polar surface area (TPSA) is 55.1 Å². The molecule has 0 saturated heterocycles. The zero-order valence-electron chi connectivity index (χ0n) is 10.1. The number of carbonyl (C=O) groups excluding carboxylic acids is 1. The average molecular weight is 275 g/mol. The lowest BCUT2D eigenvalue weighted by molar-refractivity contribution is -0.123. The number of amides is 1. The molecule has 1 aromatic rings. The molecule has 94 valence electrons. The second-order valence-corrected chi connectivity index (χ2v) is 5.36. The maximum Gasteiger partial charge on any atom is 0.237 e. The van der Waals surface area contributed by atoms with Crippen LogP contribution >= 0.6 is 23.2 Å². The number of nitrogens with two attached hydrogens (primary N) is 1. The van der Waals surface area contributed by atoms with Crippen LogP contribution in [0.3, 0.4) is 0 Å². The van der Waals surface area contributed by atoms with Crippen LogP contribution in [0.1, 0.15) is 32.4 Å². The Bertz CT molecular complexity index is 433. The van der Waals surface area contributed by atoms with Crippen LogP contribution in [0.5, 0.6) is 0 Å². The van der Waals surface area contributed by atoms with Crippen LogP contribution in [-0.4, -0.2) is 11.4 Å². The SMILES string of the molecule is CC(NC(C)(C)C(N)=O)c1cc(Cl)ccc1Cl. The van der Waals surface area contributed by atoms with Crippen molar-refractivity contribution in [1.29, 1.82) is 0 Å². The quantitative estimate of drug-likeness (QED) is 0.887. The normalized spacial score (nSPS) is 13.5. The Labute approximate surface area is 111 Å². The minimum atomic E-state index is -0.801. The number of nitrogens with one attached hydrogen (secondary N) is 1. The predicted molar refractivity (Wildman–Crippen MR) is 71.3 cm³/mol. The minimum absolute atomic E-state index is 0.122. The van der Waals surface area contributed by atoms with Crippen molar-refractivity contribution in [3.8, 4) is 0 Å². The van der Waals surface area contributed by atoms with Crippen LogP contribution in [0.15, 0.2) is 18.2 Å². The first-order valence-electron chi connectivity index (χ1n) is 5.26. The van der Waals surface area contributed by atoms with Gasteiger partial charge in [-0.3, -0.25) is 10.1 Å². The number of hydrogen-bond donors (Lipinski definition) is 2. The van der Waals surface area contributed by atoms with E-state index in [2.05, 4.69) is 5.32 Å². The lowest BCUT2D eigenvalue weighted by Gasteiger charge is -2.27. The Balaban J connectivity index is 2.94. The summed E-state index contributed by atoms with van der Waals surface area (Å²) in [5.74, 6) is -0.414. The van der Waals surface area contributed by atoms with E-state index in [-0.39, 0.29) is 6.04 Å². The van der Waals surface area contributed by atoms with Gasteiger partial charge in [0, 0.05) is 16.1 Å². The van der Waals surface area contributed by atoms with E-state index in [1.165, 1.54) is 0 Å². The van der Waals surface area contributed by atoms with E-state index in [1.807, 2.05) is 6.92 Å². The monoisotopic (exact) mass is 274 g/mol. The fourth-order valence-electron chi connectivity index (χ4n) is 1.54. The second kappa shape index (κ2) is 5.25. The summed E-state index contributed by atoms with van der Waals surface area (Å²) in [6.45, 7) is 5.36. The van der Waals surface area contributed by atoms with Crippen molar-refractivity contribution in [2.24, 2.45) is 5.73 Å². The van der Waals surface area contributed by atoms with Gasteiger partial charge in [0.15, 0.2) is 0 Å². The van der Waals surface area contributed by atoms with Gasteiger partial charge in [0.1, 0.15) is 0 Å². The van der Waals surface area contributed by atoms with Gasteiger partial charge in [-0.1, -0.05) is 23.2 Å². The molecule has 17 heavy (non-hydrogen) atoms. The Morgan fingerprint density at radius 2 is 2.00 bits per heavy atom. The maximum atomic E-state index is 11.2. The van der Waals surface area contributed by atoms with Crippen molar-refractivity contribution in [2.45, 2.75) is 32.4 Å². The van der Waals surface area contributed by atoms with Crippen LogP contribution in [0.2, 0.25) is 10.0 Å². The summed E-state index contributed by atoms with van der Waals surface area (Å²) in [6, 6.07) is 5.11. The highest BCUT2D eigenvalue weighted by molar-refractivity contribution is 6.33. The molecular formula is C12H16Cl2N2O. The third-order valence-corrected chi connectivity index (χ3v) is 3.20. The van der Waals surface area contributed by atoms with Crippen molar-refractivity contribution in [3.63, 3.8) is 0 Å². The molecule has 1 rings (SSSR count). The van der Waals surface area contributed by atoms with E-state index < -0.39 is 11.4 Å². The molecular weight excluding hydrogens is 259 g/mol. The van der Waals surface area contributed by atoms with Gasteiger partial charge < -0.3 is 5.73 Å². The van der Waals surface area contributed by atoms with Gasteiger partial charge in [-0.2, -0.15) is 0 Å². The second-order valence-electron chi connectivity index (χ2n) is 4.52. The molecule has 5 heteroatoms. The molecule has 0 aliphatic rings. The highest BCUT2D eigenvalue weighted by Crippen LogP contribution is 2.27. The van der Waals surface area contributed by atoms with Crippen LogP contribution in [-0.2, 0) is 4.79 Å². The molecule has 3 N–H and O–H groups in total. The van der Waals surface area contributed by atoms with Crippen molar-refractivity contribution < 1.29 is 4.79 Å². The molecule has 0 aliphatic heterocycles. The Kier molecular flexibility index (Phi) is 4.42. The highest BCUT2D eigenvalue weighted by atomic mass is 35.5. The molecule has 3 nitrogen and oxygen atoms in total. The van der Waals surface area contributed by atoms with E-state index in [1.54, 1.807) is 32.0 Å². The fourth-order valence-corrected chi connectivity index (χ4v) is 2.00. The highest BCUT2D eigenvalue weighted by Gasteiger charge is 2.27. The molecule has 0 fully saturated rings. The van der Waals surface area contributed by atoms with E-state index in [9.17, 15) is 4.79 Å². The van der Waals surface area contributed by atoms with Crippen molar-refractivity contribution in [1.82, 2.24) is 5.32 Å². The summed E-state index contributed by atoms with van der Waals surface area (Å²) in [4.78, 5) is 11.2. The molecule has 0 radical (unpaired) electrons. The molecule has 1 aromatic carbocycles. The van der Waals surface area contributed by atoms with Crippen LogP contribution in [0.25, 0.3) is 0 Å². The van der Waals surface area contributed by atoms with Crippen LogP contribution < -0.4 is 11.1 Å². The standard InChI is InChI=1S/C12H16Cl2N2O/c1-7(16-12(2,3)11(15)17)9-6-8(13)4-5-10(9)14/h4-7,16H,1-3H3,(H2,15,17). The lowest BCUT2D eigenvalue weighted by Crippen LogP contribution is -2.51. The summed E-state index contributed by atoms with van der Waals surface area (Å²) < 4.78 is 0. The first kappa shape index (κ1) is 14.3. The number of hydrogen-bond acceptors (Lipinski definition) is 2. The van der Waals surface area contributed by atoms with Crippen molar-refractivity contribution >= 4 is 29.1 Å². The lowest BCUT2D eigenvalue weighted by atomic mass is 10.0. The van der Waals surface area contributed by atoms with E-state index in [4.69, 9.17) is 28.9 Å². The zero-order valence-corrected chi connectivity index (χ0v) is 11.6. The molecule has 0 spiro atoms. The molecule has 1 unspecified atom stereocenters. The van der Waals surface area contributed by atoms with Gasteiger partial charge in [-0.15, -0.1) is 0 Å². The average Bonchev–Trinajstić information content (AvgIpc) is 2.20. The first-order valence-corrected chi connectivity index (χ1v) is 6.02. The smallest absolute Gasteiger partial charge is 0.237 e. The zero-order chi connectivity index (χ0) is 13.2. The first-order chi connectivity index (χ1) is 7.74. The molecule has 0 aliphatic carbocycles. The number of benzene rings is 1. The molecule has 0 bridgehead atoms. The third-order valence-electron chi connectivity index (χ3n) is 2.62. The Morgan fingerprint density at radius 1 is 1.41 bits per heavy atom. The number of primary amides is 1. The summed E-state index contributed by atoms with van der Waals surface area (Å²) in [5.41, 5.74) is 5.34. The van der Waals surface area contributed by atoms with Gasteiger partial charge in [0.05, 0.1) is 5.54 Å². The van der Waals surface area contributed by atoms with Gasteiger partial charge in [-0.05, 0) is 44.5 Å². The van der Waals surface area contributed by atoms with Gasteiger partial charge in [0.25, 0.3) is 0 Å². The molecule has 1 amide bonds. The number of rotatable bonds is 4. The minimum Gasteiger partial charge on any atom is -0.368 e. The largest absolute Gasteiger partial charge is 0.368 e. The molecule has 1 atom stereocenters. The summed E-state index contributed by atoms with van der Waals surface area (Å²) in [5, 5.41) is 4.33.